The van der Waals surface area contributed by atoms with Gasteiger partial charge < -0.3 is 4.57 Å². The van der Waals surface area contributed by atoms with E-state index in [4.69, 9.17) is 9.97 Å². The lowest BCUT2D eigenvalue weighted by molar-refractivity contribution is 1.05. The molecule has 0 saturated heterocycles. The summed E-state index contributed by atoms with van der Waals surface area (Å²) in [4.78, 5) is 10.9. The first-order valence-electron chi connectivity index (χ1n) is 16.5. The highest BCUT2D eigenvalue weighted by atomic mass is 32.1. The maximum absolute atomic E-state index is 5.52. The highest BCUT2D eigenvalue weighted by Gasteiger charge is 2.25. The Hall–Kier alpha value is -6.30. The van der Waals surface area contributed by atoms with Crippen LogP contribution in [0.4, 0.5) is 0 Å². The van der Waals surface area contributed by atoms with E-state index in [0.29, 0.717) is 5.82 Å². The lowest BCUT2D eigenvalue weighted by Gasteiger charge is -2.14. The van der Waals surface area contributed by atoms with Crippen LogP contribution in [0.15, 0.2) is 158 Å². The van der Waals surface area contributed by atoms with Crippen LogP contribution in [0.25, 0.3) is 97.6 Å². The molecule has 5 heteroatoms. The van der Waals surface area contributed by atoms with Gasteiger partial charge in [0, 0.05) is 47.6 Å². The van der Waals surface area contributed by atoms with Crippen molar-refractivity contribution in [1.82, 2.24) is 19.1 Å². The van der Waals surface area contributed by atoms with Crippen molar-refractivity contribution in [3.8, 4) is 22.9 Å². The zero-order valence-electron chi connectivity index (χ0n) is 26.2. The maximum Gasteiger partial charge on any atom is 0.166 e. The molecule has 11 aromatic rings. The Kier molecular flexibility index (Phi) is 5.51. The molecule has 0 aliphatic carbocycles. The monoisotopic (exact) mass is 642 g/mol. The van der Waals surface area contributed by atoms with Crippen molar-refractivity contribution in [3.63, 3.8) is 0 Å². The van der Waals surface area contributed by atoms with E-state index in [1.165, 1.54) is 41.7 Å². The van der Waals surface area contributed by atoms with Crippen molar-refractivity contribution in [3.05, 3.63) is 158 Å². The zero-order chi connectivity index (χ0) is 32.1. The molecule has 0 atom stereocenters. The number of thiophene rings is 1. The van der Waals surface area contributed by atoms with Gasteiger partial charge in [-0.3, -0.25) is 4.57 Å². The molecule has 7 aromatic carbocycles. The van der Waals surface area contributed by atoms with Gasteiger partial charge in [0.05, 0.1) is 16.6 Å². The quantitative estimate of drug-likeness (QED) is 0.192. The summed E-state index contributed by atoms with van der Waals surface area (Å²) in [5.74, 6) is 1.57. The molecule has 0 aliphatic heterocycles. The van der Waals surface area contributed by atoms with Crippen LogP contribution < -0.4 is 0 Å². The largest absolute Gasteiger partial charge is 0.305 e. The van der Waals surface area contributed by atoms with Gasteiger partial charge in [0.1, 0.15) is 11.0 Å². The summed E-state index contributed by atoms with van der Waals surface area (Å²) in [5.41, 5.74) is 7.33. The molecule has 4 aromatic heterocycles. The molecule has 4 heterocycles. The van der Waals surface area contributed by atoms with Gasteiger partial charge in [0.25, 0.3) is 0 Å². The van der Waals surface area contributed by atoms with Crippen LogP contribution in [0.5, 0.6) is 0 Å². The number of para-hydroxylation sites is 2. The molecule has 0 bridgehead atoms. The van der Waals surface area contributed by atoms with Gasteiger partial charge in [-0.15, -0.1) is 11.3 Å². The fourth-order valence-electron chi connectivity index (χ4n) is 7.69. The van der Waals surface area contributed by atoms with Gasteiger partial charge in [-0.05, 0) is 59.3 Å². The molecule has 0 N–H and O–H groups in total. The third-order valence-electron chi connectivity index (χ3n) is 9.88. The third-order valence-corrected chi connectivity index (χ3v) is 11.0. The fourth-order valence-corrected chi connectivity index (χ4v) is 8.81. The smallest absolute Gasteiger partial charge is 0.166 e. The minimum atomic E-state index is 0.706. The van der Waals surface area contributed by atoms with Gasteiger partial charge in [0.15, 0.2) is 11.6 Å². The number of rotatable bonds is 3. The summed E-state index contributed by atoms with van der Waals surface area (Å²) >= 11 is 1.85. The standard InChI is InChI=1S/C44H26N4S/c1-3-13-27(14-4-1)43-45-41-35-23-28-15-7-8-16-29(28)24-37(35)47(30-17-5-2-6-18-30)42(41)44(46-43)48-36-21-11-9-19-31(36)33-25-34-32-20-10-12-22-39(32)49-40(34)26-38(33)48/h1-26H. The maximum atomic E-state index is 5.52. The Bertz CT molecular complexity index is 3100. The SMILES string of the molecule is c1ccc(-c2nc(-n3c4ccccc4c4cc5c(cc43)sc3ccccc35)c3c(n2)c2cc4ccccc4cc2n3-c2ccccc2)cc1. The average molecular weight is 643 g/mol. The van der Waals surface area contributed by atoms with Gasteiger partial charge in [-0.25, -0.2) is 9.97 Å². The molecule has 0 unspecified atom stereocenters. The molecule has 0 fully saturated rings. The first kappa shape index (κ1) is 26.7. The van der Waals surface area contributed by atoms with E-state index in [-0.39, 0.29) is 0 Å². The lowest BCUT2D eigenvalue weighted by atomic mass is 10.1. The van der Waals surface area contributed by atoms with Crippen molar-refractivity contribution in [2.75, 3.05) is 0 Å². The van der Waals surface area contributed by atoms with Crippen molar-refractivity contribution in [2.45, 2.75) is 0 Å². The molecule has 0 aliphatic rings. The van der Waals surface area contributed by atoms with Crippen LogP contribution in [-0.4, -0.2) is 19.1 Å². The van der Waals surface area contributed by atoms with Crippen molar-refractivity contribution in [2.24, 2.45) is 0 Å². The summed E-state index contributed by atoms with van der Waals surface area (Å²) in [6.45, 7) is 0. The van der Waals surface area contributed by atoms with E-state index in [9.17, 15) is 0 Å². The highest BCUT2D eigenvalue weighted by molar-refractivity contribution is 7.25. The predicted molar refractivity (Wildman–Crippen MR) is 207 cm³/mol. The van der Waals surface area contributed by atoms with E-state index >= 15 is 0 Å². The second-order valence-electron chi connectivity index (χ2n) is 12.6. The van der Waals surface area contributed by atoms with E-state index in [0.717, 1.165) is 50.0 Å². The molecule has 0 saturated carbocycles. The number of benzene rings is 7. The normalized spacial score (nSPS) is 12.1. The first-order chi connectivity index (χ1) is 24.3. The van der Waals surface area contributed by atoms with Crippen LogP contribution in [0.2, 0.25) is 0 Å². The second-order valence-corrected chi connectivity index (χ2v) is 13.7. The van der Waals surface area contributed by atoms with E-state index in [1.54, 1.807) is 0 Å². The van der Waals surface area contributed by atoms with Gasteiger partial charge in [0.2, 0.25) is 0 Å². The van der Waals surface area contributed by atoms with Crippen LogP contribution in [0, 0.1) is 0 Å². The van der Waals surface area contributed by atoms with E-state index in [2.05, 4.69) is 161 Å². The first-order valence-corrected chi connectivity index (χ1v) is 17.3. The third kappa shape index (κ3) is 3.85. The molecule has 4 nitrogen and oxygen atoms in total. The van der Waals surface area contributed by atoms with Gasteiger partial charge in [-0.2, -0.15) is 0 Å². The minimum Gasteiger partial charge on any atom is -0.305 e. The number of hydrogen-bond donors (Lipinski definition) is 0. The number of fused-ring (bicyclic) bond motifs is 10. The van der Waals surface area contributed by atoms with E-state index in [1.807, 2.05) is 17.4 Å². The Morgan fingerprint density at radius 1 is 0.429 bits per heavy atom. The van der Waals surface area contributed by atoms with Crippen LogP contribution in [0.3, 0.4) is 0 Å². The summed E-state index contributed by atoms with van der Waals surface area (Å²) in [6, 6.07) is 56.4. The van der Waals surface area contributed by atoms with Crippen LogP contribution >= 0.6 is 11.3 Å². The van der Waals surface area contributed by atoms with Gasteiger partial charge >= 0.3 is 0 Å². The Morgan fingerprint density at radius 2 is 1.10 bits per heavy atom. The lowest BCUT2D eigenvalue weighted by Crippen LogP contribution is -2.05. The Labute approximate surface area is 284 Å². The van der Waals surface area contributed by atoms with Crippen LogP contribution in [0.1, 0.15) is 0 Å². The number of nitrogens with zero attached hydrogens (tertiary/aromatic N) is 4. The predicted octanol–water partition coefficient (Wildman–Crippen LogP) is 11.9. The molecular weight excluding hydrogens is 617 g/mol. The van der Waals surface area contributed by atoms with Gasteiger partial charge in [-0.1, -0.05) is 109 Å². The molecule has 0 radical (unpaired) electrons. The van der Waals surface area contributed by atoms with Crippen LogP contribution in [-0.2, 0) is 0 Å². The molecule has 228 valence electrons. The molecule has 0 spiro atoms. The number of hydrogen-bond acceptors (Lipinski definition) is 3. The highest BCUT2D eigenvalue weighted by Crippen LogP contribution is 2.43. The van der Waals surface area contributed by atoms with Crippen molar-refractivity contribution < 1.29 is 0 Å². The fraction of sp³-hybridized carbons (Fsp3) is 0. The second kappa shape index (κ2) is 10.1. The van der Waals surface area contributed by atoms with Crippen molar-refractivity contribution >= 4 is 86.0 Å². The Morgan fingerprint density at radius 3 is 1.94 bits per heavy atom. The minimum absolute atomic E-state index is 0.706. The van der Waals surface area contributed by atoms with E-state index < -0.39 is 0 Å². The summed E-state index contributed by atoms with van der Waals surface area (Å²) in [6.07, 6.45) is 0. The Balaban J connectivity index is 1.37. The topological polar surface area (TPSA) is 35.6 Å². The number of aromatic nitrogens is 4. The average Bonchev–Trinajstić information content (AvgIpc) is 3.80. The van der Waals surface area contributed by atoms with Crippen molar-refractivity contribution in [1.29, 1.82) is 0 Å². The zero-order valence-corrected chi connectivity index (χ0v) is 27.0. The summed E-state index contributed by atoms with van der Waals surface area (Å²) < 4.78 is 7.30. The molecule has 0 amide bonds. The molecule has 11 rings (SSSR count). The molecular formula is C44H26N4S. The molecule has 49 heavy (non-hydrogen) atoms. The summed E-state index contributed by atoms with van der Waals surface area (Å²) in [7, 11) is 0. The summed E-state index contributed by atoms with van der Waals surface area (Å²) in [5, 5.41) is 8.49.